The molecule has 0 heterocycles. The number of nitrogens with zero attached hydrogens (tertiary/aromatic N) is 1. The fraction of sp³-hybridized carbons (Fsp3) is 0.250. The van der Waals surface area contributed by atoms with E-state index >= 15 is 0 Å². The van der Waals surface area contributed by atoms with E-state index in [0.29, 0.717) is 6.54 Å². The fourth-order valence-electron chi connectivity index (χ4n) is 2.13. The number of anilines is 1. The monoisotopic (exact) mass is 352 g/mol. The maximum atomic E-state index is 6.06. The summed E-state index contributed by atoms with van der Waals surface area (Å²) in [5.74, 6) is 0. The highest BCUT2D eigenvalue weighted by Gasteiger charge is 2.13. The van der Waals surface area contributed by atoms with Crippen LogP contribution in [0, 0.1) is 0 Å². The quantitative estimate of drug-likeness (QED) is 0.858. The van der Waals surface area contributed by atoms with Gasteiger partial charge in [-0.05, 0) is 42.3 Å². The van der Waals surface area contributed by atoms with Crippen molar-refractivity contribution in [3.63, 3.8) is 0 Å². The lowest BCUT2D eigenvalue weighted by Crippen LogP contribution is -2.21. The van der Waals surface area contributed by atoms with E-state index < -0.39 is 0 Å². The number of benzene rings is 2. The minimum Gasteiger partial charge on any atom is -0.368 e. The van der Waals surface area contributed by atoms with Gasteiger partial charge in [0.1, 0.15) is 0 Å². The molecule has 4 heteroatoms. The van der Waals surface area contributed by atoms with Crippen LogP contribution >= 0.6 is 27.5 Å². The number of rotatable bonds is 4. The van der Waals surface area contributed by atoms with E-state index in [1.54, 1.807) is 0 Å². The Labute approximate surface area is 133 Å². The molecule has 0 radical (unpaired) electrons. The van der Waals surface area contributed by atoms with Crippen LogP contribution in [0.2, 0.25) is 5.02 Å². The zero-order valence-corrected chi connectivity index (χ0v) is 13.9. The third kappa shape index (κ3) is 3.35. The highest BCUT2D eigenvalue weighted by molar-refractivity contribution is 9.10. The van der Waals surface area contributed by atoms with Crippen molar-refractivity contribution in [2.24, 2.45) is 5.73 Å². The van der Waals surface area contributed by atoms with E-state index in [1.165, 1.54) is 5.56 Å². The second-order valence-corrected chi connectivity index (χ2v) is 6.11. The van der Waals surface area contributed by atoms with Crippen LogP contribution < -0.4 is 10.6 Å². The predicted molar refractivity (Wildman–Crippen MR) is 90.3 cm³/mol. The Balaban J connectivity index is 2.26. The molecule has 0 aliphatic carbocycles. The van der Waals surface area contributed by atoms with Gasteiger partial charge in [-0.15, -0.1) is 0 Å². The van der Waals surface area contributed by atoms with Crippen molar-refractivity contribution < 1.29 is 0 Å². The van der Waals surface area contributed by atoms with Crippen LogP contribution in [-0.4, -0.2) is 7.05 Å². The lowest BCUT2D eigenvalue weighted by molar-refractivity contribution is 0.739. The molecule has 0 amide bonds. The molecule has 0 aliphatic heterocycles. The zero-order valence-electron chi connectivity index (χ0n) is 11.6. The van der Waals surface area contributed by atoms with Gasteiger partial charge < -0.3 is 10.6 Å². The molecular weight excluding hydrogens is 336 g/mol. The van der Waals surface area contributed by atoms with Crippen molar-refractivity contribution in [1.82, 2.24) is 0 Å². The van der Waals surface area contributed by atoms with Gasteiger partial charge in [-0.3, -0.25) is 0 Å². The van der Waals surface area contributed by atoms with Crippen molar-refractivity contribution in [2.45, 2.75) is 19.5 Å². The van der Waals surface area contributed by atoms with Crippen molar-refractivity contribution >= 4 is 33.2 Å². The number of nitrogens with two attached hydrogens (primary N) is 1. The normalized spacial score (nSPS) is 12.2. The summed E-state index contributed by atoms with van der Waals surface area (Å²) in [5, 5.41) is 0.766. The van der Waals surface area contributed by atoms with E-state index in [-0.39, 0.29) is 6.04 Å². The van der Waals surface area contributed by atoms with Gasteiger partial charge in [0, 0.05) is 28.8 Å². The molecule has 1 atom stereocenters. The molecule has 0 saturated heterocycles. The summed E-state index contributed by atoms with van der Waals surface area (Å²) in [5.41, 5.74) is 9.13. The Bertz CT molecular complexity index is 601. The SMILES string of the molecule is CC(c1cccc(Cl)c1)N(C)c1ccc(CN)c(Br)c1. The number of hydrogen-bond acceptors (Lipinski definition) is 2. The summed E-state index contributed by atoms with van der Waals surface area (Å²) >= 11 is 9.63. The van der Waals surface area contributed by atoms with Crippen LogP contribution in [0.25, 0.3) is 0 Å². The Morgan fingerprint density at radius 2 is 2.00 bits per heavy atom. The minimum atomic E-state index is 0.240. The van der Waals surface area contributed by atoms with Crippen molar-refractivity contribution in [3.05, 3.63) is 63.1 Å². The van der Waals surface area contributed by atoms with Crippen molar-refractivity contribution in [3.8, 4) is 0 Å². The van der Waals surface area contributed by atoms with Gasteiger partial charge in [0.25, 0.3) is 0 Å². The van der Waals surface area contributed by atoms with E-state index in [4.69, 9.17) is 17.3 Å². The van der Waals surface area contributed by atoms with Gasteiger partial charge in [0.2, 0.25) is 0 Å². The van der Waals surface area contributed by atoms with Crippen LogP contribution in [0.3, 0.4) is 0 Å². The van der Waals surface area contributed by atoms with Crippen LogP contribution in [0.15, 0.2) is 46.9 Å². The molecule has 2 nitrogen and oxygen atoms in total. The topological polar surface area (TPSA) is 29.3 Å². The Morgan fingerprint density at radius 3 is 2.60 bits per heavy atom. The minimum absolute atomic E-state index is 0.240. The molecule has 2 N–H and O–H groups in total. The molecule has 106 valence electrons. The summed E-state index contributed by atoms with van der Waals surface area (Å²) < 4.78 is 1.04. The van der Waals surface area contributed by atoms with Crippen LogP contribution in [0.5, 0.6) is 0 Å². The van der Waals surface area contributed by atoms with E-state index in [1.807, 2.05) is 18.2 Å². The molecule has 0 spiro atoms. The fourth-order valence-corrected chi connectivity index (χ4v) is 2.86. The standard InChI is InChI=1S/C16H18BrClN2/c1-11(12-4-3-5-14(18)8-12)20(2)15-7-6-13(10-19)16(17)9-15/h3-9,11H,10,19H2,1-2H3. The highest BCUT2D eigenvalue weighted by Crippen LogP contribution is 2.29. The first kappa shape index (κ1) is 15.4. The van der Waals surface area contributed by atoms with Gasteiger partial charge in [0.15, 0.2) is 0 Å². The molecule has 0 aromatic heterocycles. The van der Waals surface area contributed by atoms with Gasteiger partial charge in [-0.2, -0.15) is 0 Å². The summed E-state index contributed by atoms with van der Waals surface area (Å²) in [7, 11) is 2.08. The van der Waals surface area contributed by atoms with E-state index in [9.17, 15) is 0 Å². The van der Waals surface area contributed by atoms with Gasteiger partial charge in [-0.1, -0.05) is 45.7 Å². The maximum absolute atomic E-state index is 6.06. The molecule has 0 saturated carbocycles. The van der Waals surface area contributed by atoms with Crippen molar-refractivity contribution in [1.29, 1.82) is 0 Å². The molecule has 20 heavy (non-hydrogen) atoms. The smallest absolute Gasteiger partial charge is 0.0511 e. The molecular formula is C16H18BrClN2. The van der Waals surface area contributed by atoms with Gasteiger partial charge in [-0.25, -0.2) is 0 Å². The summed E-state index contributed by atoms with van der Waals surface area (Å²) in [4.78, 5) is 2.22. The largest absolute Gasteiger partial charge is 0.368 e. The van der Waals surface area contributed by atoms with Crippen LogP contribution in [0.4, 0.5) is 5.69 Å². The first-order chi connectivity index (χ1) is 9.52. The lowest BCUT2D eigenvalue weighted by Gasteiger charge is -2.28. The van der Waals surface area contributed by atoms with E-state index in [0.717, 1.165) is 20.7 Å². The average molecular weight is 354 g/mol. The number of hydrogen-bond donors (Lipinski definition) is 1. The maximum Gasteiger partial charge on any atom is 0.0511 e. The zero-order chi connectivity index (χ0) is 14.7. The Kier molecular flexibility index (Phi) is 5.08. The number of halogens is 2. The first-order valence-corrected chi connectivity index (χ1v) is 7.67. The molecule has 2 rings (SSSR count). The molecule has 1 unspecified atom stereocenters. The van der Waals surface area contributed by atoms with Crippen molar-refractivity contribution in [2.75, 3.05) is 11.9 Å². The summed E-state index contributed by atoms with van der Waals surface area (Å²) in [6.07, 6.45) is 0. The predicted octanol–water partition coefficient (Wildman–Crippen LogP) is 4.76. The summed E-state index contributed by atoms with van der Waals surface area (Å²) in [6.45, 7) is 2.70. The Morgan fingerprint density at radius 1 is 1.25 bits per heavy atom. The average Bonchev–Trinajstić information content (AvgIpc) is 2.45. The second kappa shape index (κ2) is 6.61. The Hall–Kier alpha value is -1.03. The second-order valence-electron chi connectivity index (χ2n) is 4.82. The molecule has 2 aromatic carbocycles. The highest BCUT2D eigenvalue weighted by atomic mass is 79.9. The molecule has 2 aromatic rings. The first-order valence-electron chi connectivity index (χ1n) is 6.49. The van der Waals surface area contributed by atoms with Crippen LogP contribution in [-0.2, 0) is 6.54 Å². The third-order valence-electron chi connectivity index (χ3n) is 3.58. The third-order valence-corrected chi connectivity index (χ3v) is 4.55. The molecule has 0 bridgehead atoms. The summed E-state index contributed by atoms with van der Waals surface area (Å²) in [6, 6.07) is 14.5. The van der Waals surface area contributed by atoms with Crippen LogP contribution in [0.1, 0.15) is 24.1 Å². The molecule has 0 fully saturated rings. The molecule has 0 aliphatic rings. The van der Waals surface area contributed by atoms with Gasteiger partial charge in [0.05, 0.1) is 6.04 Å². The van der Waals surface area contributed by atoms with Gasteiger partial charge >= 0.3 is 0 Å². The lowest BCUT2D eigenvalue weighted by atomic mass is 10.1. The van der Waals surface area contributed by atoms with E-state index in [2.05, 4.69) is 59.1 Å².